The van der Waals surface area contributed by atoms with Crippen molar-refractivity contribution in [2.75, 3.05) is 18.0 Å². The van der Waals surface area contributed by atoms with Crippen LogP contribution in [-0.2, 0) is 12.7 Å². The molecule has 0 radical (unpaired) electrons. The Bertz CT molecular complexity index is 824. The maximum atomic E-state index is 12.6. The Balaban J connectivity index is 1.69. The smallest absolute Gasteiger partial charge is 0.417 e. The summed E-state index contributed by atoms with van der Waals surface area (Å²) in [5.74, 6) is -0.419. The second-order valence-electron chi connectivity index (χ2n) is 6.28. The van der Waals surface area contributed by atoms with E-state index in [2.05, 4.69) is 4.98 Å². The molecule has 1 aromatic carbocycles. The minimum atomic E-state index is -4.43. The van der Waals surface area contributed by atoms with Crippen LogP contribution in [-0.4, -0.2) is 30.1 Å². The molecule has 2 heterocycles. The van der Waals surface area contributed by atoms with Gasteiger partial charge in [0, 0.05) is 37.5 Å². The lowest BCUT2D eigenvalue weighted by Gasteiger charge is -2.21. The highest BCUT2D eigenvalue weighted by Gasteiger charge is 2.31. The van der Waals surface area contributed by atoms with Gasteiger partial charge in [0.15, 0.2) is 0 Å². The van der Waals surface area contributed by atoms with Crippen molar-refractivity contribution in [2.45, 2.75) is 25.2 Å². The van der Waals surface area contributed by atoms with Gasteiger partial charge in [0.1, 0.15) is 6.10 Å². The molecule has 1 aliphatic heterocycles. The van der Waals surface area contributed by atoms with Crippen molar-refractivity contribution < 1.29 is 22.7 Å². The SMILES string of the molecule is NCc1ccc(N2CCC(Oc3ccc(C(F)(F)F)cn3)C2)c(C(N)=O)c1. The Morgan fingerprint density at radius 2 is 2.07 bits per heavy atom. The van der Waals surface area contributed by atoms with Crippen molar-refractivity contribution in [2.24, 2.45) is 11.5 Å². The maximum Gasteiger partial charge on any atom is 0.417 e. The van der Waals surface area contributed by atoms with Crippen LogP contribution in [0.1, 0.15) is 27.9 Å². The number of alkyl halides is 3. The van der Waals surface area contributed by atoms with Gasteiger partial charge in [-0.25, -0.2) is 4.98 Å². The van der Waals surface area contributed by atoms with E-state index in [1.165, 1.54) is 6.07 Å². The van der Waals surface area contributed by atoms with Crippen molar-refractivity contribution in [1.29, 1.82) is 0 Å². The van der Waals surface area contributed by atoms with Gasteiger partial charge in [0.25, 0.3) is 5.91 Å². The van der Waals surface area contributed by atoms with E-state index in [1.807, 2.05) is 11.0 Å². The van der Waals surface area contributed by atoms with E-state index < -0.39 is 17.6 Å². The molecule has 0 saturated carbocycles. The Hall–Kier alpha value is -2.81. The van der Waals surface area contributed by atoms with E-state index in [9.17, 15) is 18.0 Å². The Morgan fingerprint density at radius 3 is 2.67 bits per heavy atom. The van der Waals surface area contributed by atoms with Crippen molar-refractivity contribution in [3.63, 3.8) is 0 Å². The first-order valence-electron chi connectivity index (χ1n) is 8.35. The lowest BCUT2D eigenvalue weighted by molar-refractivity contribution is -0.137. The van der Waals surface area contributed by atoms with E-state index >= 15 is 0 Å². The number of carbonyl (C=O) groups is 1. The summed E-state index contributed by atoms with van der Waals surface area (Å²) in [4.78, 5) is 17.4. The molecule has 2 aromatic rings. The molecule has 0 aliphatic carbocycles. The zero-order valence-electron chi connectivity index (χ0n) is 14.4. The van der Waals surface area contributed by atoms with Crippen molar-refractivity contribution in [3.8, 4) is 5.88 Å². The van der Waals surface area contributed by atoms with Gasteiger partial charge in [-0.05, 0) is 23.8 Å². The summed E-state index contributed by atoms with van der Waals surface area (Å²) in [7, 11) is 0. The second kappa shape index (κ2) is 7.43. The van der Waals surface area contributed by atoms with E-state index in [0.29, 0.717) is 37.3 Å². The Morgan fingerprint density at radius 1 is 1.30 bits per heavy atom. The lowest BCUT2D eigenvalue weighted by atomic mass is 10.1. The van der Waals surface area contributed by atoms with Crippen LogP contribution < -0.4 is 21.1 Å². The number of primary amides is 1. The number of nitrogens with zero attached hydrogens (tertiary/aromatic N) is 2. The van der Waals surface area contributed by atoms with Gasteiger partial charge in [-0.1, -0.05) is 6.07 Å². The van der Waals surface area contributed by atoms with Crippen molar-refractivity contribution in [3.05, 3.63) is 53.2 Å². The fourth-order valence-corrected chi connectivity index (χ4v) is 3.01. The quantitative estimate of drug-likeness (QED) is 0.830. The van der Waals surface area contributed by atoms with E-state index in [4.69, 9.17) is 16.2 Å². The number of halogens is 3. The number of rotatable bonds is 5. The summed E-state index contributed by atoms with van der Waals surface area (Å²) >= 11 is 0. The first kappa shape index (κ1) is 19.0. The predicted octanol–water partition coefficient (Wildman–Crippen LogP) is 2.32. The first-order chi connectivity index (χ1) is 12.8. The number of benzene rings is 1. The molecule has 1 atom stereocenters. The molecule has 0 bridgehead atoms. The topological polar surface area (TPSA) is 94.5 Å². The van der Waals surface area contributed by atoms with Gasteiger partial charge in [-0.2, -0.15) is 13.2 Å². The number of carbonyl (C=O) groups excluding carboxylic acids is 1. The number of pyridine rings is 1. The number of aromatic nitrogens is 1. The molecule has 1 unspecified atom stereocenters. The lowest BCUT2D eigenvalue weighted by Crippen LogP contribution is -2.27. The van der Waals surface area contributed by atoms with Crippen molar-refractivity contribution >= 4 is 11.6 Å². The molecule has 144 valence electrons. The molecular formula is C18H19F3N4O2. The van der Waals surface area contributed by atoms with E-state index in [-0.39, 0.29) is 12.0 Å². The molecule has 9 heteroatoms. The van der Waals surface area contributed by atoms with Crippen molar-refractivity contribution in [1.82, 2.24) is 4.98 Å². The molecule has 1 amide bonds. The van der Waals surface area contributed by atoms with Crippen LogP contribution >= 0.6 is 0 Å². The third kappa shape index (κ3) is 4.30. The average molecular weight is 380 g/mol. The molecule has 3 rings (SSSR count). The molecule has 1 aromatic heterocycles. The number of hydrogen-bond acceptors (Lipinski definition) is 5. The average Bonchev–Trinajstić information content (AvgIpc) is 3.09. The molecule has 27 heavy (non-hydrogen) atoms. The van der Waals surface area contributed by atoms with Gasteiger partial charge in [-0.15, -0.1) is 0 Å². The number of hydrogen-bond donors (Lipinski definition) is 2. The highest BCUT2D eigenvalue weighted by atomic mass is 19.4. The molecule has 1 saturated heterocycles. The highest BCUT2D eigenvalue weighted by Crippen LogP contribution is 2.30. The van der Waals surface area contributed by atoms with Crippen LogP contribution in [0.15, 0.2) is 36.5 Å². The van der Waals surface area contributed by atoms with Crippen LogP contribution in [0.4, 0.5) is 18.9 Å². The normalized spacial score (nSPS) is 17.2. The first-order valence-corrected chi connectivity index (χ1v) is 8.35. The fraction of sp³-hybridized carbons (Fsp3) is 0.333. The summed E-state index contributed by atoms with van der Waals surface area (Å²) < 4.78 is 43.4. The summed E-state index contributed by atoms with van der Waals surface area (Å²) in [5, 5.41) is 0. The molecule has 1 aliphatic rings. The largest absolute Gasteiger partial charge is 0.472 e. The van der Waals surface area contributed by atoms with E-state index in [1.54, 1.807) is 12.1 Å². The zero-order chi connectivity index (χ0) is 19.6. The fourth-order valence-electron chi connectivity index (χ4n) is 3.01. The Kier molecular flexibility index (Phi) is 5.22. The van der Waals surface area contributed by atoms with Crippen LogP contribution in [0.2, 0.25) is 0 Å². The standard InChI is InChI=1S/C18H19F3N4O2/c19-18(20,21)12-2-4-16(24-9-12)27-13-5-6-25(10-13)15-3-1-11(8-22)7-14(15)17(23)26/h1-4,7,9,13H,5-6,8,10,22H2,(H2,23,26). The predicted molar refractivity (Wildman–Crippen MR) is 93.3 cm³/mol. The minimum absolute atomic E-state index is 0.128. The summed E-state index contributed by atoms with van der Waals surface area (Å²) in [5.41, 5.74) is 12.1. The minimum Gasteiger partial charge on any atom is -0.472 e. The summed E-state index contributed by atoms with van der Waals surface area (Å²) in [6, 6.07) is 7.43. The molecule has 4 N–H and O–H groups in total. The van der Waals surface area contributed by atoms with Crippen LogP contribution in [0.25, 0.3) is 0 Å². The Labute approximate surface area is 153 Å². The monoisotopic (exact) mass is 380 g/mol. The maximum absolute atomic E-state index is 12.6. The van der Waals surface area contributed by atoms with E-state index in [0.717, 1.165) is 17.8 Å². The molecular weight excluding hydrogens is 361 g/mol. The molecule has 6 nitrogen and oxygen atoms in total. The third-order valence-electron chi connectivity index (χ3n) is 4.40. The molecule has 0 spiro atoms. The van der Waals surface area contributed by atoms with Gasteiger partial charge in [-0.3, -0.25) is 4.79 Å². The number of ether oxygens (including phenoxy) is 1. The van der Waals surface area contributed by atoms with Gasteiger partial charge in [0.2, 0.25) is 5.88 Å². The number of nitrogens with two attached hydrogens (primary N) is 2. The second-order valence-corrected chi connectivity index (χ2v) is 6.28. The highest BCUT2D eigenvalue weighted by molar-refractivity contribution is 5.99. The summed E-state index contributed by atoms with van der Waals surface area (Å²) in [6.45, 7) is 1.38. The number of amides is 1. The third-order valence-corrected chi connectivity index (χ3v) is 4.40. The summed E-state index contributed by atoms with van der Waals surface area (Å²) in [6.07, 6.45) is -3.31. The zero-order valence-corrected chi connectivity index (χ0v) is 14.4. The van der Waals surface area contributed by atoms with Gasteiger partial charge >= 0.3 is 6.18 Å². The van der Waals surface area contributed by atoms with Crippen LogP contribution in [0.3, 0.4) is 0 Å². The van der Waals surface area contributed by atoms with Crippen LogP contribution in [0, 0.1) is 0 Å². The molecule has 1 fully saturated rings. The number of anilines is 1. The van der Waals surface area contributed by atoms with Gasteiger partial charge < -0.3 is 21.1 Å². The van der Waals surface area contributed by atoms with Gasteiger partial charge in [0.05, 0.1) is 17.7 Å². The van der Waals surface area contributed by atoms with Crippen LogP contribution in [0.5, 0.6) is 5.88 Å².